The first-order chi connectivity index (χ1) is 12.4. The van der Waals surface area contributed by atoms with Crippen LogP contribution in [-0.2, 0) is 16.1 Å². The Labute approximate surface area is 155 Å². The van der Waals surface area contributed by atoms with Crippen molar-refractivity contribution in [3.8, 4) is 5.75 Å². The van der Waals surface area contributed by atoms with E-state index in [4.69, 9.17) is 4.74 Å². The predicted molar refractivity (Wildman–Crippen MR) is 103 cm³/mol. The van der Waals surface area contributed by atoms with Crippen molar-refractivity contribution >= 4 is 17.5 Å². The van der Waals surface area contributed by atoms with E-state index in [9.17, 15) is 9.59 Å². The standard InChI is InChI=1S/C21H26N2O3/c1-15(2)23(14-17-8-6-5-7-9-17)21(25)13-20(24)22-18-12-16(3)10-11-19(18)26-4/h5-12,15H,13-14H2,1-4H3,(H,22,24). The first-order valence-corrected chi connectivity index (χ1v) is 8.68. The summed E-state index contributed by atoms with van der Waals surface area (Å²) < 4.78 is 5.26. The molecule has 0 aliphatic heterocycles. The molecule has 26 heavy (non-hydrogen) atoms. The Kier molecular flexibility index (Phi) is 6.78. The minimum Gasteiger partial charge on any atom is -0.495 e. The molecule has 5 nitrogen and oxygen atoms in total. The van der Waals surface area contributed by atoms with Crippen LogP contribution in [-0.4, -0.2) is 29.9 Å². The van der Waals surface area contributed by atoms with Gasteiger partial charge in [0.2, 0.25) is 11.8 Å². The number of carbonyl (C=O) groups is 2. The number of carbonyl (C=O) groups excluding carboxylic acids is 2. The molecule has 0 aromatic heterocycles. The number of ether oxygens (including phenoxy) is 1. The highest BCUT2D eigenvalue weighted by molar-refractivity contribution is 6.04. The second kappa shape index (κ2) is 9.04. The van der Waals surface area contributed by atoms with Gasteiger partial charge in [0.25, 0.3) is 0 Å². The van der Waals surface area contributed by atoms with Crippen LogP contribution in [0.15, 0.2) is 48.5 Å². The Balaban J connectivity index is 2.04. The van der Waals surface area contributed by atoms with E-state index in [1.54, 1.807) is 18.1 Å². The van der Waals surface area contributed by atoms with Gasteiger partial charge >= 0.3 is 0 Å². The normalized spacial score (nSPS) is 10.5. The molecule has 1 N–H and O–H groups in total. The smallest absolute Gasteiger partial charge is 0.233 e. The van der Waals surface area contributed by atoms with Crippen LogP contribution in [0, 0.1) is 6.92 Å². The molecule has 0 radical (unpaired) electrons. The zero-order chi connectivity index (χ0) is 19.1. The number of hydrogen-bond acceptors (Lipinski definition) is 3. The number of rotatable bonds is 7. The highest BCUT2D eigenvalue weighted by Gasteiger charge is 2.21. The summed E-state index contributed by atoms with van der Waals surface area (Å²) in [5.41, 5.74) is 2.61. The van der Waals surface area contributed by atoms with E-state index in [1.165, 1.54) is 0 Å². The number of anilines is 1. The minimum atomic E-state index is -0.349. The molecule has 0 fully saturated rings. The van der Waals surface area contributed by atoms with Crippen molar-refractivity contribution in [3.05, 3.63) is 59.7 Å². The minimum absolute atomic E-state index is 0.00371. The van der Waals surface area contributed by atoms with Crippen molar-refractivity contribution < 1.29 is 14.3 Å². The Morgan fingerprint density at radius 3 is 2.42 bits per heavy atom. The molecule has 2 aromatic rings. The molecule has 2 aromatic carbocycles. The Morgan fingerprint density at radius 1 is 1.12 bits per heavy atom. The van der Waals surface area contributed by atoms with Crippen LogP contribution in [0.25, 0.3) is 0 Å². The summed E-state index contributed by atoms with van der Waals surface area (Å²) >= 11 is 0. The zero-order valence-corrected chi connectivity index (χ0v) is 15.8. The molecule has 138 valence electrons. The second-order valence-electron chi connectivity index (χ2n) is 6.53. The fourth-order valence-electron chi connectivity index (χ4n) is 2.69. The van der Waals surface area contributed by atoms with E-state index >= 15 is 0 Å². The lowest BCUT2D eigenvalue weighted by Gasteiger charge is -2.27. The molecule has 2 rings (SSSR count). The van der Waals surface area contributed by atoms with Gasteiger partial charge in [-0.2, -0.15) is 0 Å². The summed E-state index contributed by atoms with van der Waals surface area (Å²) in [6.07, 6.45) is -0.206. The van der Waals surface area contributed by atoms with Crippen molar-refractivity contribution in [3.63, 3.8) is 0 Å². The average molecular weight is 354 g/mol. The van der Waals surface area contributed by atoms with Gasteiger partial charge in [-0.05, 0) is 44.0 Å². The lowest BCUT2D eigenvalue weighted by atomic mass is 10.1. The van der Waals surface area contributed by atoms with E-state index in [1.807, 2.05) is 63.2 Å². The van der Waals surface area contributed by atoms with Gasteiger partial charge < -0.3 is 15.0 Å². The fraction of sp³-hybridized carbons (Fsp3) is 0.333. The van der Waals surface area contributed by atoms with Crippen LogP contribution in [0.5, 0.6) is 5.75 Å². The highest BCUT2D eigenvalue weighted by atomic mass is 16.5. The van der Waals surface area contributed by atoms with Crippen LogP contribution in [0.2, 0.25) is 0 Å². The summed E-state index contributed by atoms with van der Waals surface area (Å²) in [6.45, 7) is 6.31. The van der Waals surface area contributed by atoms with Crippen LogP contribution in [0.4, 0.5) is 5.69 Å². The highest BCUT2D eigenvalue weighted by Crippen LogP contribution is 2.25. The summed E-state index contributed by atoms with van der Waals surface area (Å²) in [4.78, 5) is 26.7. The Hall–Kier alpha value is -2.82. The molecule has 5 heteroatoms. The van der Waals surface area contributed by atoms with E-state index in [0.717, 1.165) is 11.1 Å². The van der Waals surface area contributed by atoms with Crippen LogP contribution >= 0.6 is 0 Å². The Bertz CT molecular complexity index is 757. The quantitative estimate of drug-likeness (QED) is 0.770. The van der Waals surface area contributed by atoms with Crippen molar-refractivity contribution in [2.75, 3.05) is 12.4 Å². The maximum atomic E-state index is 12.6. The van der Waals surface area contributed by atoms with Crippen molar-refractivity contribution in [2.24, 2.45) is 0 Å². The molecule has 0 heterocycles. The second-order valence-corrected chi connectivity index (χ2v) is 6.53. The van der Waals surface area contributed by atoms with Gasteiger partial charge in [-0.1, -0.05) is 36.4 Å². The van der Waals surface area contributed by atoms with Gasteiger partial charge in [-0.15, -0.1) is 0 Å². The van der Waals surface area contributed by atoms with Gasteiger partial charge in [0.05, 0.1) is 12.8 Å². The number of amides is 2. The topological polar surface area (TPSA) is 58.6 Å². The zero-order valence-electron chi connectivity index (χ0n) is 15.8. The van der Waals surface area contributed by atoms with Gasteiger partial charge in [-0.25, -0.2) is 0 Å². The number of nitrogens with one attached hydrogen (secondary N) is 1. The van der Waals surface area contributed by atoms with Crippen LogP contribution in [0.3, 0.4) is 0 Å². The molecule has 0 bridgehead atoms. The number of nitrogens with zero attached hydrogens (tertiary/aromatic N) is 1. The predicted octanol–water partition coefficient (Wildman–Crippen LogP) is 3.77. The first-order valence-electron chi connectivity index (χ1n) is 8.68. The third kappa shape index (κ3) is 5.34. The monoisotopic (exact) mass is 354 g/mol. The van der Waals surface area contributed by atoms with Crippen molar-refractivity contribution in [1.82, 2.24) is 4.90 Å². The molecular formula is C21H26N2O3. The van der Waals surface area contributed by atoms with E-state index in [0.29, 0.717) is 18.0 Å². The molecule has 0 saturated heterocycles. The van der Waals surface area contributed by atoms with Gasteiger partial charge in [-0.3, -0.25) is 9.59 Å². The average Bonchev–Trinajstić information content (AvgIpc) is 2.60. The van der Waals surface area contributed by atoms with E-state index in [-0.39, 0.29) is 24.3 Å². The van der Waals surface area contributed by atoms with Crippen molar-refractivity contribution in [1.29, 1.82) is 0 Å². The first kappa shape index (κ1) is 19.5. The lowest BCUT2D eigenvalue weighted by Crippen LogP contribution is -2.38. The van der Waals surface area contributed by atoms with Crippen LogP contribution < -0.4 is 10.1 Å². The molecule has 0 atom stereocenters. The summed E-state index contributed by atoms with van der Waals surface area (Å²) in [5, 5.41) is 2.78. The number of hydrogen-bond donors (Lipinski definition) is 1. The summed E-state index contributed by atoms with van der Waals surface area (Å²) in [5.74, 6) is 0.0204. The number of benzene rings is 2. The fourth-order valence-corrected chi connectivity index (χ4v) is 2.69. The molecule has 0 aliphatic carbocycles. The molecule has 2 amide bonds. The maximum absolute atomic E-state index is 12.6. The number of aryl methyl sites for hydroxylation is 1. The Morgan fingerprint density at radius 2 is 1.81 bits per heavy atom. The summed E-state index contributed by atoms with van der Waals surface area (Å²) in [7, 11) is 1.55. The van der Waals surface area contributed by atoms with Crippen molar-refractivity contribution in [2.45, 2.75) is 39.8 Å². The molecular weight excluding hydrogens is 328 g/mol. The van der Waals surface area contributed by atoms with E-state index < -0.39 is 0 Å². The molecule has 0 unspecified atom stereocenters. The third-order valence-electron chi connectivity index (χ3n) is 4.08. The molecule has 0 saturated carbocycles. The van der Waals surface area contributed by atoms with E-state index in [2.05, 4.69) is 5.32 Å². The summed E-state index contributed by atoms with van der Waals surface area (Å²) in [6, 6.07) is 15.3. The number of methoxy groups -OCH3 is 1. The van der Waals surface area contributed by atoms with Crippen LogP contribution in [0.1, 0.15) is 31.4 Å². The SMILES string of the molecule is COc1ccc(C)cc1NC(=O)CC(=O)N(Cc1ccccc1)C(C)C. The maximum Gasteiger partial charge on any atom is 0.233 e. The third-order valence-corrected chi connectivity index (χ3v) is 4.08. The molecule has 0 aliphatic rings. The lowest BCUT2D eigenvalue weighted by molar-refractivity contribution is -0.136. The largest absolute Gasteiger partial charge is 0.495 e. The van der Waals surface area contributed by atoms with Gasteiger partial charge in [0, 0.05) is 12.6 Å². The molecule has 0 spiro atoms. The van der Waals surface area contributed by atoms with Gasteiger partial charge in [0.15, 0.2) is 0 Å². The van der Waals surface area contributed by atoms with Gasteiger partial charge in [0.1, 0.15) is 12.2 Å².